The third kappa shape index (κ3) is 1.68. The van der Waals surface area contributed by atoms with E-state index in [1.165, 1.54) is 0 Å². The van der Waals surface area contributed by atoms with Crippen molar-refractivity contribution in [2.24, 2.45) is 0 Å². The zero-order valence-electron chi connectivity index (χ0n) is 6.35. The molecule has 0 spiro atoms. The lowest BCUT2D eigenvalue weighted by atomic mass is 10.3. The number of alkyl halides is 1. The van der Waals surface area contributed by atoms with Crippen LogP contribution in [0, 0.1) is 13.8 Å². The maximum absolute atomic E-state index is 11.1. The first-order chi connectivity index (χ1) is 5.15. The Morgan fingerprint density at radius 2 is 2.27 bits per heavy atom. The predicted molar refractivity (Wildman–Crippen MR) is 44.1 cm³/mol. The largest absolute Gasteiger partial charge is 0.438 e. The highest BCUT2D eigenvalue weighted by Crippen LogP contribution is 2.10. The number of hydrogen-bond donors (Lipinski definition) is 0. The Balaban J connectivity index is 3.03. The van der Waals surface area contributed by atoms with E-state index < -0.39 is 0 Å². The van der Waals surface area contributed by atoms with Crippen molar-refractivity contribution >= 4 is 21.7 Å². The first-order valence-corrected chi connectivity index (χ1v) is 4.30. The number of carbonyl (C=O) groups excluding carboxylic acids is 1. The van der Waals surface area contributed by atoms with E-state index in [4.69, 9.17) is 4.42 Å². The van der Waals surface area contributed by atoms with Gasteiger partial charge in [0.2, 0.25) is 5.78 Å². The summed E-state index contributed by atoms with van der Waals surface area (Å²) in [6.45, 7) is 3.48. The summed E-state index contributed by atoms with van der Waals surface area (Å²) in [6.07, 6.45) is 0. The van der Waals surface area contributed by atoms with Crippen LogP contribution in [0.1, 0.15) is 22.1 Å². The van der Waals surface area contributed by atoms with Gasteiger partial charge >= 0.3 is 0 Å². The van der Waals surface area contributed by atoms with Crippen LogP contribution in [0.2, 0.25) is 0 Å². The molecule has 0 atom stereocenters. The van der Waals surface area contributed by atoms with Gasteiger partial charge in [0.05, 0.1) is 11.0 Å². The smallest absolute Gasteiger partial charge is 0.210 e. The van der Waals surface area contributed by atoms with Crippen LogP contribution < -0.4 is 0 Å². The third-order valence-electron chi connectivity index (χ3n) is 1.28. The van der Waals surface area contributed by atoms with Gasteiger partial charge in [0.1, 0.15) is 0 Å². The number of aromatic nitrogens is 1. The molecular weight excluding hydrogens is 210 g/mol. The lowest BCUT2D eigenvalue weighted by Gasteiger charge is -1.88. The number of hydrogen-bond acceptors (Lipinski definition) is 3. The van der Waals surface area contributed by atoms with Gasteiger partial charge in [0, 0.05) is 6.92 Å². The quantitative estimate of drug-likeness (QED) is 0.562. The van der Waals surface area contributed by atoms with Crippen LogP contribution in [0.4, 0.5) is 0 Å². The maximum atomic E-state index is 11.1. The Kier molecular flexibility index (Phi) is 2.44. The van der Waals surface area contributed by atoms with E-state index in [1.807, 2.05) is 0 Å². The highest BCUT2D eigenvalue weighted by molar-refractivity contribution is 9.09. The van der Waals surface area contributed by atoms with E-state index in [2.05, 4.69) is 20.9 Å². The standard InChI is InChI=1S/C7H8BrNO2/c1-4-7(6(10)3-8)11-5(2)9-4/h3H2,1-2H3. The van der Waals surface area contributed by atoms with Gasteiger partial charge in [-0.2, -0.15) is 0 Å². The van der Waals surface area contributed by atoms with E-state index in [1.54, 1.807) is 13.8 Å². The van der Waals surface area contributed by atoms with Gasteiger partial charge in [-0.1, -0.05) is 15.9 Å². The summed E-state index contributed by atoms with van der Waals surface area (Å²) in [5.41, 5.74) is 0.659. The van der Waals surface area contributed by atoms with E-state index >= 15 is 0 Å². The lowest BCUT2D eigenvalue weighted by Crippen LogP contribution is -1.99. The normalized spacial score (nSPS) is 10.1. The Morgan fingerprint density at radius 1 is 1.64 bits per heavy atom. The molecule has 0 aliphatic heterocycles. The van der Waals surface area contributed by atoms with Gasteiger partial charge in [-0.25, -0.2) is 4.98 Å². The summed E-state index contributed by atoms with van der Waals surface area (Å²) >= 11 is 3.06. The summed E-state index contributed by atoms with van der Waals surface area (Å²) in [5, 5.41) is 0.280. The molecule has 0 aliphatic rings. The molecule has 0 aromatic carbocycles. The summed E-state index contributed by atoms with van der Waals surface area (Å²) in [7, 11) is 0. The molecule has 0 saturated heterocycles. The van der Waals surface area contributed by atoms with Gasteiger partial charge in [0.15, 0.2) is 11.7 Å². The average molecular weight is 218 g/mol. The SMILES string of the molecule is Cc1nc(C)c(C(=O)CBr)o1. The zero-order chi connectivity index (χ0) is 8.43. The molecule has 0 aliphatic carbocycles. The van der Waals surface area contributed by atoms with Crippen molar-refractivity contribution in [3.8, 4) is 0 Å². The van der Waals surface area contributed by atoms with E-state index in [9.17, 15) is 4.79 Å². The molecule has 0 bridgehead atoms. The van der Waals surface area contributed by atoms with Crippen LogP contribution in [-0.2, 0) is 0 Å². The van der Waals surface area contributed by atoms with Crippen LogP contribution in [0.15, 0.2) is 4.42 Å². The van der Waals surface area contributed by atoms with E-state index in [-0.39, 0.29) is 11.1 Å². The monoisotopic (exact) mass is 217 g/mol. The fourth-order valence-corrected chi connectivity index (χ4v) is 1.11. The zero-order valence-corrected chi connectivity index (χ0v) is 7.93. The molecule has 0 fully saturated rings. The molecule has 11 heavy (non-hydrogen) atoms. The number of Topliss-reactive ketones (excluding diaryl/α,β-unsaturated/α-hetero) is 1. The Bertz CT molecular complexity index is 280. The molecule has 0 saturated carbocycles. The molecule has 0 unspecified atom stereocenters. The molecule has 60 valence electrons. The number of carbonyl (C=O) groups is 1. The minimum Gasteiger partial charge on any atom is -0.438 e. The highest BCUT2D eigenvalue weighted by Gasteiger charge is 2.13. The van der Waals surface area contributed by atoms with Gasteiger partial charge in [0.25, 0.3) is 0 Å². The number of aryl methyl sites for hydroxylation is 2. The van der Waals surface area contributed by atoms with Crippen LogP contribution >= 0.6 is 15.9 Å². The lowest BCUT2D eigenvalue weighted by molar-refractivity contribution is 0.0991. The van der Waals surface area contributed by atoms with E-state index in [0.717, 1.165) is 0 Å². The second-order valence-corrected chi connectivity index (χ2v) is 2.76. The minimum absolute atomic E-state index is 0.0666. The molecule has 1 aromatic rings. The summed E-state index contributed by atoms with van der Waals surface area (Å²) < 4.78 is 5.08. The molecule has 0 radical (unpaired) electrons. The Labute approximate surface area is 72.9 Å². The van der Waals surface area contributed by atoms with Crippen molar-refractivity contribution in [3.05, 3.63) is 17.3 Å². The molecule has 1 rings (SSSR count). The first kappa shape index (κ1) is 8.46. The summed E-state index contributed by atoms with van der Waals surface area (Å²) in [6, 6.07) is 0. The Hall–Kier alpha value is -0.640. The maximum Gasteiger partial charge on any atom is 0.210 e. The van der Waals surface area contributed by atoms with Gasteiger partial charge in [-0.3, -0.25) is 4.79 Å². The highest BCUT2D eigenvalue weighted by atomic mass is 79.9. The molecule has 0 N–H and O–H groups in total. The van der Waals surface area contributed by atoms with E-state index in [0.29, 0.717) is 17.3 Å². The number of rotatable bonds is 2. The summed E-state index contributed by atoms with van der Waals surface area (Å²) in [4.78, 5) is 15.0. The van der Waals surface area contributed by atoms with Gasteiger partial charge < -0.3 is 4.42 Å². The van der Waals surface area contributed by atoms with Crippen LogP contribution in [0.5, 0.6) is 0 Å². The minimum atomic E-state index is -0.0666. The molecule has 4 heteroatoms. The van der Waals surface area contributed by atoms with Crippen molar-refractivity contribution in [1.82, 2.24) is 4.98 Å². The Morgan fingerprint density at radius 3 is 2.64 bits per heavy atom. The van der Waals surface area contributed by atoms with Crippen molar-refractivity contribution in [2.75, 3.05) is 5.33 Å². The van der Waals surface area contributed by atoms with Crippen LogP contribution in [0.25, 0.3) is 0 Å². The molecule has 0 amide bonds. The summed E-state index contributed by atoms with van der Waals surface area (Å²) in [5.74, 6) is 0.828. The first-order valence-electron chi connectivity index (χ1n) is 3.18. The molecule has 1 heterocycles. The second-order valence-electron chi connectivity index (χ2n) is 2.20. The molecular formula is C7H8BrNO2. The second kappa shape index (κ2) is 3.17. The van der Waals surface area contributed by atoms with Gasteiger partial charge in [-0.05, 0) is 6.92 Å². The number of oxazole rings is 1. The van der Waals surface area contributed by atoms with Crippen molar-refractivity contribution in [2.45, 2.75) is 13.8 Å². The fourth-order valence-electron chi connectivity index (χ4n) is 0.851. The average Bonchev–Trinajstić information content (AvgIpc) is 2.28. The third-order valence-corrected chi connectivity index (χ3v) is 1.79. The molecule has 1 aromatic heterocycles. The predicted octanol–water partition coefficient (Wildman–Crippen LogP) is 1.87. The van der Waals surface area contributed by atoms with Gasteiger partial charge in [-0.15, -0.1) is 0 Å². The van der Waals surface area contributed by atoms with Crippen molar-refractivity contribution < 1.29 is 9.21 Å². The number of halogens is 1. The van der Waals surface area contributed by atoms with Crippen LogP contribution in [-0.4, -0.2) is 16.1 Å². The van der Waals surface area contributed by atoms with Crippen molar-refractivity contribution in [1.29, 1.82) is 0 Å². The number of ketones is 1. The number of nitrogens with zero attached hydrogens (tertiary/aromatic N) is 1. The topological polar surface area (TPSA) is 43.1 Å². The van der Waals surface area contributed by atoms with Crippen molar-refractivity contribution in [3.63, 3.8) is 0 Å². The molecule has 3 nitrogen and oxygen atoms in total. The van der Waals surface area contributed by atoms with Crippen LogP contribution in [0.3, 0.4) is 0 Å². The fraction of sp³-hybridized carbons (Fsp3) is 0.429.